The molecule has 0 saturated carbocycles. The molecule has 1 N–H and O–H groups in total. The third-order valence-corrected chi connectivity index (χ3v) is 3.37. The predicted octanol–water partition coefficient (Wildman–Crippen LogP) is 3.06. The van der Waals surface area contributed by atoms with Crippen molar-refractivity contribution in [2.45, 2.75) is 39.3 Å². The summed E-state index contributed by atoms with van der Waals surface area (Å²) in [5.41, 5.74) is 1.64. The van der Waals surface area contributed by atoms with E-state index in [0.29, 0.717) is 18.4 Å². The van der Waals surface area contributed by atoms with Crippen molar-refractivity contribution in [1.29, 1.82) is 0 Å². The maximum absolute atomic E-state index is 10.6. The van der Waals surface area contributed by atoms with Crippen molar-refractivity contribution in [1.82, 2.24) is 9.78 Å². The number of nitrogens with zero attached hydrogens (tertiary/aromatic N) is 2. The Morgan fingerprint density at radius 2 is 2.05 bits per heavy atom. The van der Waals surface area contributed by atoms with Gasteiger partial charge in [-0.25, -0.2) is 0 Å². The second kappa shape index (κ2) is 6.92. The molecule has 1 aromatic heterocycles. The fraction of sp³-hybridized carbons (Fsp3) is 0.375. The largest absolute Gasteiger partial charge is 0.487 e. The molecule has 0 saturated heterocycles. The van der Waals surface area contributed by atoms with Crippen LogP contribution in [0, 0.1) is 0 Å². The van der Waals surface area contributed by atoms with Gasteiger partial charge in [-0.15, -0.1) is 0 Å². The van der Waals surface area contributed by atoms with Gasteiger partial charge in [0.2, 0.25) is 0 Å². The molecule has 0 aliphatic carbocycles. The topological polar surface area (TPSA) is 64.3 Å². The van der Waals surface area contributed by atoms with Gasteiger partial charge in [0, 0.05) is 12.2 Å². The molecule has 1 atom stereocenters. The van der Waals surface area contributed by atoms with Crippen LogP contribution in [0.2, 0.25) is 0 Å². The third-order valence-electron chi connectivity index (χ3n) is 3.37. The molecule has 5 heteroatoms. The van der Waals surface area contributed by atoms with Gasteiger partial charge in [0.15, 0.2) is 0 Å². The summed E-state index contributed by atoms with van der Waals surface area (Å²) in [4.78, 5) is 10.6. The number of rotatable bonds is 7. The first-order valence-corrected chi connectivity index (χ1v) is 7.06. The Balaban J connectivity index is 1.90. The predicted molar refractivity (Wildman–Crippen MR) is 79.3 cm³/mol. The Kier molecular flexibility index (Phi) is 4.98. The van der Waals surface area contributed by atoms with E-state index in [2.05, 4.69) is 18.9 Å². The number of aromatic nitrogens is 2. The highest BCUT2D eigenvalue weighted by molar-refractivity contribution is 5.70. The molecule has 0 bridgehead atoms. The van der Waals surface area contributed by atoms with Crippen LogP contribution in [0.1, 0.15) is 37.6 Å². The molecule has 0 aliphatic heterocycles. The first kappa shape index (κ1) is 15.1. The third kappa shape index (κ3) is 4.34. The number of carboxylic acids is 1. The first-order valence-electron chi connectivity index (χ1n) is 7.06. The Morgan fingerprint density at radius 3 is 2.67 bits per heavy atom. The molecule has 1 aromatic carbocycles. The fourth-order valence-electron chi connectivity index (χ4n) is 1.92. The van der Waals surface area contributed by atoms with Crippen LogP contribution < -0.4 is 4.74 Å². The highest BCUT2D eigenvalue weighted by Gasteiger charge is 2.05. The van der Waals surface area contributed by atoms with Crippen LogP contribution in [0.15, 0.2) is 36.5 Å². The lowest BCUT2D eigenvalue weighted by molar-refractivity contribution is -0.136. The minimum atomic E-state index is -0.834. The lowest BCUT2D eigenvalue weighted by atomic mass is 10.1. The van der Waals surface area contributed by atoms with E-state index in [1.165, 1.54) is 0 Å². The summed E-state index contributed by atoms with van der Waals surface area (Å²) in [7, 11) is 0. The van der Waals surface area contributed by atoms with Crippen LogP contribution in [0.3, 0.4) is 0 Å². The van der Waals surface area contributed by atoms with Crippen LogP contribution in [0.4, 0.5) is 0 Å². The highest BCUT2D eigenvalue weighted by Crippen LogP contribution is 2.15. The van der Waals surface area contributed by atoms with E-state index >= 15 is 0 Å². The van der Waals surface area contributed by atoms with Gasteiger partial charge < -0.3 is 9.84 Å². The fourth-order valence-corrected chi connectivity index (χ4v) is 1.92. The molecule has 0 radical (unpaired) electrons. The minimum absolute atomic E-state index is 0.0274. The van der Waals surface area contributed by atoms with Crippen molar-refractivity contribution < 1.29 is 14.6 Å². The van der Waals surface area contributed by atoms with Gasteiger partial charge >= 0.3 is 5.97 Å². The van der Waals surface area contributed by atoms with E-state index < -0.39 is 5.97 Å². The average molecular weight is 288 g/mol. The smallest absolute Gasteiger partial charge is 0.307 e. The van der Waals surface area contributed by atoms with Gasteiger partial charge in [-0.3, -0.25) is 9.48 Å². The molecule has 1 heterocycles. The molecule has 0 amide bonds. The van der Waals surface area contributed by atoms with Crippen molar-refractivity contribution in [2.75, 3.05) is 0 Å². The maximum Gasteiger partial charge on any atom is 0.307 e. The van der Waals surface area contributed by atoms with E-state index in [9.17, 15) is 4.79 Å². The summed E-state index contributed by atoms with van der Waals surface area (Å²) in [6.45, 7) is 4.65. The second-order valence-corrected chi connectivity index (χ2v) is 5.05. The zero-order valence-electron chi connectivity index (χ0n) is 12.3. The molecule has 0 aliphatic rings. The van der Waals surface area contributed by atoms with Crippen LogP contribution in [0.5, 0.6) is 5.75 Å². The Labute approximate surface area is 124 Å². The maximum atomic E-state index is 10.6. The number of hydrogen-bond donors (Lipinski definition) is 1. The summed E-state index contributed by atoms with van der Waals surface area (Å²) < 4.78 is 7.59. The number of ether oxygens (including phenoxy) is 1. The molecular formula is C16H20N2O3. The van der Waals surface area contributed by atoms with Crippen LogP contribution >= 0.6 is 0 Å². The first-order chi connectivity index (χ1) is 10.1. The zero-order chi connectivity index (χ0) is 15.2. The minimum Gasteiger partial charge on any atom is -0.487 e. The van der Waals surface area contributed by atoms with E-state index in [1.807, 2.05) is 16.9 Å². The van der Waals surface area contributed by atoms with Crippen LogP contribution in [-0.2, 0) is 17.8 Å². The number of carbonyl (C=O) groups is 1. The van der Waals surface area contributed by atoms with Crippen molar-refractivity contribution >= 4 is 5.97 Å². The SMILES string of the molecule is CCC(C)n1ccc(COc2ccc(CC(=O)O)cc2)n1. The summed E-state index contributed by atoms with van der Waals surface area (Å²) in [6, 6.07) is 9.43. The van der Waals surface area contributed by atoms with Crippen LogP contribution in [-0.4, -0.2) is 20.9 Å². The van der Waals surface area contributed by atoms with E-state index in [1.54, 1.807) is 24.3 Å². The van der Waals surface area contributed by atoms with Gasteiger partial charge in [0.25, 0.3) is 0 Å². The van der Waals surface area contributed by atoms with E-state index in [0.717, 1.165) is 17.7 Å². The number of aliphatic carboxylic acids is 1. The molecule has 0 spiro atoms. The molecule has 1 unspecified atom stereocenters. The van der Waals surface area contributed by atoms with Gasteiger partial charge in [0.05, 0.1) is 12.1 Å². The van der Waals surface area contributed by atoms with Crippen molar-refractivity contribution in [3.05, 3.63) is 47.8 Å². The lowest BCUT2D eigenvalue weighted by Gasteiger charge is -2.08. The second-order valence-electron chi connectivity index (χ2n) is 5.05. The highest BCUT2D eigenvalue weighted by atomic mass is 16.5. The number of benzene rings is 1. The standard InChI is InChI=1S/C16H20N2O3/c1-3-12(2)18-9-8-14(17-18)11-21-15-6-4-13(5-7-15)10-16(19)20/h4-9,12H,3,10-11H2,1-2H3,(H,19,20). The molecular weight excluding hydrogens is 268 g/mol. The van der Waals surface area contributed by atoms with Crippen molar-refractivity contribution in [3.8, 4) is 5.75 Å². The Bertz CT molecular complexity index is 590. The van der Waals surface area contributed by atoms with E-state index in [-0.39, 0.29) is 6.42 Å². The summed E-state index contributed by atoms with van der Waals surface area (Å²) in [6.07, 6.45) is 3.02. The summed E-state index contributed by atoms with van der Waals surface area (Å²) in [5, 5.41) is 13.2. The summed E-state index contributed by atoms with van der Waals surface area (Å²) in [5.74, 6) is -0.124. The summed E-state index contributed by atoms with van der Waals surface area (Å²) >= 11 is 0. The molecule has 2 rings (SSSR count). The van der Waals surface area contributed by atoms with Gasteiger partial charge in [0.1, 0.15) is 12.4 Å². The molecule has 5 nitrogen and oxygen atoms in total. The Morgan fingerprint density at radius 1 is 1.33 bits per heavy atom. The molecule has 0 fully saturated rings. The van der Waals surface area contributed by atoms with Gasteiger partial charge in [-0.05, 0) is 37.1 Å². The lowest BCUT2D eigenvalue weighted by Crippen LogP contribution is -2.05. The number of hydrogen-bond acceptors (Lipinski definition) is 3. The van der Waals surface area contributed by atoms with Crippen LogP contribution in [0.25, 0.3) is 0 Å². The number of carboxylic acid groups (broad SMARTS) is 1. The van der Waals surface area contributed by atoms with Gasteiger partial charge in [-0.1, -0.05) is 19.1 Å². The zero-order valence-corrected chi connectivity index (χ0v) is 12.3. The Hall–Kier alpha value is -2.30. The molecule has 2 aromatic rings. The molecule has 112 valence electrons. The average Bonchev–Trinajstić information content (AvgIpc) is 2.94. The van der Waals surface area contributed by atoms with Crippen molar-refractivity contribution in [2.24, 2.45) is 0 Å². The quantitative estimate of drug-likeness (QED) is 0.850. The van der Waals surface area contributed by atoms with Crippen molar-refractivity contribution in [3.63, 3.8) is 0 Å². The van der Waals surface area contributed by atoms with E-state index in [4.69, 9.17) is 9.84 Å². The monoisotopic (exact) mass is 288 g/mol. The molecule has 21 heavy (non-hydrogen) atoms. The normalized spacial score (nSPS) is 12.1. The van der Waals surface area contributed by atoms with Gasteiger partial charge in [-0.2, -0.15) is 5.10 Å².